The van der Waals surface area contributed by atoms with Crippen molar-refractivity contribution in [3.8, 4) is 0 Å². The zero-order valence-electron chi connectivity index (χ0n) is 20.1. The molecule has 2 atom stereocenters. The largest absolute Gasteiger partial charge is 1.00 e. The van der Waals surface area contributed by atoms with Gasteiger partial charge >= 0.3 is 35.5 Å². The number of hydrogen-bond acceptors (Lipinski definition) is 12. The molecule has 4 heterocycles. The predicted molar refractivity (Wildman–Crippen MR) is 126 cm³/mol. The maximum Gasteiger partial charge on any atom is 1.00 e. The van der Waals surface area contributed by atoms with Crippen LogP contribution in [-0.4, -0.2) is 73.6 Å². The Labute approximate surface area is 253 Å². The topological polar surface area (TPSA) is 177 Å². The Morgan fingerprint density at radius 3 is 2.81 bits per heavy atom. The van der Waals surface area contributed by atoms with Crippen LogP contribution in [0.5, 0.6) is 0 Å². The second kappa shape index (κ2) is 13.2. The number of β-lactam (4-membered cyclic amide) rings is 1. The number of thiazole rings is 1. The Bertz CT molecular complexity index is 1230. The summed E-state index contributed by atoms with van der Waals surface area (Å²) in [5, 5.41) is 16.8. The second-order valence-corrected chi connectivity index (χ2v) is 9.81. The number of carbonyl (C=O) groups excluding carboxylic acids is 3. The normalized spacial score (nSPS) is 18.9. The molecule has 2 amide bonds. The number of oxime groups is 1. The smallest absolute Gasteiger partial charge is 1.00 e. The van der Waals surface area contributed by atoms with Crippen molar-refractivity contribution in [3.63, 3.8) is 0 Å². The molecule has 1 fully saturated rings. The number of nitrogens with zero attached hydrogens (tertiary/aromatic N) is 3. The minimum Gasteiger partial charge on any atom is -1.00 e. The van der Waals surface area contributed by atoms with Gasteiger partial charge in [0.25, 0.3) is 16.9 Å². The van der Waals surface area contributed by atoms with E-state index in [0.29, 0.717) is 5.57 Å². The first-order valence-corrected chi connectivity index (χ1v) is 12.5. The van der Waals surface area contributed by atoms with Crippen molar-refractivity contribution >= 4 is 68.6 Å². The summed E-state index contributed by atoms with van der Waals surface area (Å²) in [6, 6.07) is 2.13. The van der Waals surface area contributed by atoms with E-state index in [1.165, 1.54) is 36.6 Å². The van der Waals surface area contributed by atoms with E-state index in [-0.39, 0.29) is 95.1 Å². The minimum absolute atomic E-state index is 0. The summed E-state index contributed by atoms with van der Waals surface area (Å²) in [5.41, 5.74) is 5.89. The van der Waals surface area contributed by atoms with E-state index in [9.17, 15) is 24.3 Å². The number of furan rings is 1. The number of aromatic nitrogens is 1. The number of hydrogen-bond donors (Lipinski definition) is 3. The second-order valence-electron chi connectivity index (χ2n) is 6.87. The third-order valence-electron chi connectivity index (χ3n) is 4.80. The molecule has 36 heavy (non-hydrogen) atoms. The van der Waals surface area contributed by atoms with E-state index in [4.69, 9.17) is 15.0 Å². The van der Waals surface area contributed by atoms with Gasteiger partial charge < -0.3 is 26.8 Å². The fourth-order valence-corrected chi connectivity index (χ4v) is 6.14. The average Bonchev–Trinajstić information content (AvgIpc) is 3.50. The number of nitrogens with one attached hydrogen (secondary N) is 1. The Balaban J connectivity index is 0.00000228. The van der Waals surface area contributed by atoms with Gasteiger partial charge in [0, 0.05) is 36.4 Å². The van der Waals surface area contributed by atoms with Crippen LogP contribution in [0, 0.1) is 0 Å². The summed E-state index contributed by atoms with van der Waals surface area (Å²) < 4.78 is 5.05. The van der Waals surface area contributed by atoms with Gasteiger partial charge in [-0.15, -0.1) is 23.1 Å². The van der Waals surface area contributed by atoms with Crippen LogP contribution in [0.1, 0.15) is 17.7 Å². The number of carbonyl (C=O) groups is 4. The molecule has 0 unspecified atom stereocenters. The number of rotatable bonds is 8. The average molecular weight is 613 g/mol. The maximum atomic E-state index is 12.8. The fourth-order valence-electron chi connectivity index (χ4n) is 3.31. The van der Waals surface area contributed by atoms with Crippen molar-refractivity contribution in [1.29, 1.82) is 0 Å². The molecule has 0 aliphatic carbocycles. The predicted octanol–water partition coefficient (Wildman–Crippen LogP) is -1.90. The van der Waals surface area contributed by atoms with Gasteiger partial charge in [0.2, 0.25) is 0 Å². The monoisotopic (exact) mass is 611 g/mol. The number of nitrogen functional groups attached to an aromatic ring is 1. The quantitative estimate of drug-likeness (QED) is 0.131. The zero-order chi connectivity index (χ0) is 24.4. The van der Waals surface area contributed by atoms with Gasteiger partial charge in [-0.05, 0) is 17.7 Å². The molecule has 12 nitrogen and oxygen atoms in total. The van der Waals surface area contributed by atoms with Crippen LogP contribution in [0.3, 0.4) is 0 Å². The zero-order valence-corrected chi connectivity index (χ0v) is 26.5. The van der Waals surface area contributed by atoms with E-state index >= 15 is 0 Å². The van der Waals surface area contributed by atoms with Gasteiger partial charge in [0.1, 0.15) is 29.9 Å². The van der Waals surface area contributed by atoms with Crippen molar-refractivity contribution < 1.29 is 84.0 Å². The van der Waals surface area contributed by atoms with Crippen molar-refractivity contribution in [2.45, 2.75) is 11.4 Å². The van der Waals surface area contributed by atoms with E-state index in [1.54, 1.807) is 6.07 Å². The maximum absolute atomic E-state index is 12.8. The van der Waals surface area contributed by atoms with Crippen LogP contribution in [0.4, 0.5) is 5.13 Å². The van der Waals surface area contributed by atoms with Gasteiger partial charge in [0.05, 0.1) is 6.26 Å². The Morgan fingerprint density at radius 1 is 1.47 bits per heavy atom. The summed E-state index contributed by atoms with van der Waals surface area (Å²) in [4.78, 5) is 59.6. The first-order valence-electron chi connectivity index (χ1n) is 9.55. The molecule has 4 N–H and O–H groups in total. The van der Waals surface area contributed by atoms with Crippen LogP contribution in [0.25, 0.3) is 0 Å². The summed E-state index contributed by atoms with van der Waals surface area (Å²) in [5.74, 6) is -2.08. The number of fused-ring (bicyclic) bond motifs is 1. The van der Waals surface area contributed by atoms with Crippen molar-refractivity contribution in [2.75, 3.05) is 24.3 Å². The molecule has 0 bridgehead atoms. The Morgan fingerprint density at radius 2 is 2.22 bits per heavy atom. The van der Waals surface area contributed by atoms with Crippen LogP contribution < -0.4 is 40.6 Å². The molecule has 2 aliphatic rings. The summed E-state index contributed by atoms with van der Waals surface area (Å²) in [6.45, 7) is 0. The number of carboxylic acids is 1. The molecule has 17 heteroatoms. The first-order chi connectivity index (χ1) is 16.3. The van der Waals surface area contributed by atoms with Gasteiger partial charge in [-0.25, -0.2) is 9.78 Å². The number of thioether (sulfide) groups is 2. The summed E-state index contributed by atoms with van der Waals surface area (Å²) in [6.07, 6.45) is 1.37. The van der Waals surface area contributed by atoms with Crippen LogP contribution in [-0.2, 0) is 38.7 Å². The molecule has 0 radical (unpaired) electrons. The summed E-state index contributed by atoms with van der Waals surface area (Å²) in [7, 11) is 1.26. The van der Waals surface area contributed by atoms with E-state index in [1.807, 2.05) is 0 Å². The molecule has 182 valence electrons. The molecule has 4 rings (SSSR count). The SMILES string of the molecule is CO/N=C(\C(=O)N[C@@H]1C(=O)N2C(C(=O)O)=C(CSC(=O)c3ccco3)CS[C@H]12)c1csc(N)n1.[H-].[Na+].[Zn]. The van der Waals surface area contributed by atoms with Gasteiger partial charge in [-0.2, -0.15) is 0 Å². The van der Waals surface area contributed by atoms with Crippen molar-refractivity contribution in [3.05, 3.63) is 46.5 Å². The van der Waals surface area contributed by atoms with Gasteiger partial charge in [0.15, 0.2) is 16.6 Å². The molecular formula is C19H18N5NaO7S3Zn. The third-order valence-corrected chi connectivity index (χ3v) is 7.77. The van der Waals surface area contributed by atoms with Crippen molar-refractivity contribution in [1.82, 2.24) is 15.2 Å². The van der Waals surface area contributed by atoms with Crippen LogP contribution in [0.2, 0.25) is 0 Å². The molecular weight excluding hydrogens is 595 g/mol. The number of anilines is 1. The van der Waals surface area contributed by atoms with Gasteiger partial charge in [-0.1, -0.05) is 16.9 Å². The molecule has 0 saturated carbocycles. The fraction of sp³-hybridized carbons (Fsp3) is 0.263. The number of nitrogens with two attached hydrogens (primary N) is 1. The van der Waals surface area contributed by atoms with Crippen molar-refractivity contribution in [2.24, 2.45) is 5.16 Å². The standard InChI is InChI=1S/C19H17N5O7S3.Na.Zn.H/c1-30-23-11(9-7-34-19(20)21-9)14(25)22-12-15(26)24-13(17(27)28)8(5-32-16(12)24)6-33-18(29)10-3-2-4-31-10;;;/h2-4,7,12,16H,5-6H2,1H3,(H2,20,21)(H,22,25)(H,27,28);;;/q;+1;;-1/b23-11-;;;/t12-,16-;;;/m1.../s1. The van der Waals surface area contributed by atoms with E-state index in [0.717, 1.165) is 28.0 Å². The van der Waals surface area contributed by atoms with Crippen LogP contribution in [0.15, 0.2) is 44.6 Å². The molecule has 2 aliphatic heterocycles. The molecule has 2 aromatic rings. The molecule has 0 aromatic carbocycles. The van der Waals surface area contributed by atoms with Crippen LogP contribution >= 0.6 is 34.9 Å². The van der Waals surface area contributed by atoms with E-state index in [2.05, 4.69) is 15.5 Å². The Hall–Kier alpha value is -1.68. The third kappa shape index (κ3) is 6.23. The van der Waals surface area contributed by atoms with E-state index < -0.39 is 29.2 Å². The first kappa shape index (κ1) is 30.5. The number of amides is 2. The number of carboxylic acid groups (broad SMARTS) is 1. The van der Waals surface area contributed by atoms with Gasteiger partial charge in [-0.3, -0.25) is 19.3 Å². The Kier molecular flexibility index (Phi) is 11.2. The minimum atomic E-state index is -1.29. The number of aliphatic carboxylic acids is 1. The summed E-state index contributed by atoms with van der Waals surface area (Å²) >= 11 is 3.29. The molecule has 2 aromatic heterocycles. The molecule has 1 saturated heterocycles. The molecule has 0 spiro atoms.